The van der Waals surface area contributed by atoms with Crippen LogP contribution >= 0.6 is 0 Å². The summed E-state index contributed by atoms with van der Waals surface area (Å²) in [6, 6.07) is 9.13. The maximum atomic E-state index is 2.60. The fourth-order valence-corrected chi connectivity index (χ4v) is 15.8. The van der Waals surface area contributed by atoms with Crippen LogP contribution in [0.3, 0.4) is 0 Å². The Morgan fingerprint density at radius 2 is 1.54 bits per heavy atom. The number of rotatable bonds is 2. The first-order valence-corrected chi connectivity index (χ1v) is 13.6. The van der Waals surface area contributed by atoms with Crippen LogP contribution < -0.4 is 24.8 Å². The van der Waals surface area contributed by atoms with Gasteiger partial charge in [0.25, 0.3) is 0 Å². The van der Waals surface area contributed by atoms with E-state index in [1.54, 1.807) is 14.3 Å². The first-order valence-electron chi connectivity index (χ1n) is 9.87. The van der Waals surface area contributed by atoms with Crippen molar-refractivity contribution in [2.24, 2.45) is 10.8 Å². The van der Waals surface area contributed by atoms with Gasteiger partial charge in [0.2, 0.25) is 0 Å². The van der Waals surface area contributed by atoms with Gasteiger partial charge in [-0.3, -0.25) is 0 Å². The molecule has 1 unspecified atom stereocenters. The molecule has 0 aromatic heterocycles. The molecule has 0 heterocycles. The van der Waals surface area contributed by atoms with Crippen LogP contribution in [0.1, 0.15) is 72.9 Å². The van der Waals surface area contributed by atoms with Gasteiger partial charge in [-0.15, -0.1) is 0 Å². The number of hydrogen-bond acceptors (Lipinski definition) is 0. The van der Waals surface area contributed by atoms with Gasteiger partial charge in [-0.25, -0.2) is 0 Å². The van der Waals surface area contributed by atoms with Gasteiger partial charge in [-0.05, 0) is 0 Å². The predicted molar refractivity (Wildman–Crippen MR) is 113 cm³/mol. The maximum Gasteiger partial charge on any atom is -1.00 e. The zero-order valence-corrected chi connectivity index (χ0v) is 22.6. The fraction of sp³-hybridized carbons (Fsp3) is 0.480. The predicted octanol–water partition coefficient (Wildman–Crippen LogP) is 1.05. The second-order valence-electron chi connectivity index (χ2n) is 10.1. The monoisotopic (exact) mass is 494 g/mol. The Bertz CT molecular complexity index is 853. The third kappa shape index (κ3) is 4.15. The van der Waals surface area contributed by atoms with Gasteiger partial charge in [0.1, 0.15) is 0 Å². The summed E-state index contributed by atoms with van der Waals surface area (Å²) in [7, 11) is 0. The van der Waals surface area contributed by atoms with Crippen LogP contribution in [-0.4, -0.2) is 3.21 Å². The molecule has 3 rings (SSSR count). The molecule has 152 valence electrons. The summed E-state index contributed by atoms with van der Waals surface area (Å²) in [5.41, 5.74) is 5.07. The number of hydrogen-bond donors (Lipinski definition) is 0. The van der Waals surface area contributed by atoms with Gasteiger partial charge in [0.05, 0.1) is 0 Å². The summed E-state index contributed by atoms with van der Waals surface area (Å²) in [4.78, 5) is 0. The van der Waals surface area contributed by atoms with Crippen molar-refractivity contribution in [2.75, 3.05) is 0 Å². The van der Waals surface area contributed by atoms with Crippen LogP contribution in [0.2, 0.25) is 0 Å². The molecule has 1 aromatic carbocycles. The molecule has 1 aromatic rings. The van der Waals surface area contributed by atoms with E-state index in [-0.39, 0.29) is 38.8 Å². The van der Waals surface area contributed by atoms with Crippen LogP contribution in [0.4, 0.5) is 0 Å². The maximum absolute atomic E-state index is 2.60. The van der Waals surface area contributed by atoms with Crippen molar-refractivity contribution in [3.05, 3.63) is 62.5 Å². The Kier molecular flexibility index (Phi) is 8.18. The molecule has 1 atom stereocenters. The topological polar surface area (TPSA) is 0 Å². The van der Waals surface area contributed by atoms with Gasteiger partial charge < -0.3 is 24.8 Å². The summed E-state index contributed by atoms with van der Waals surface area (Å²) in [6.07, 6.45) is 11.0. The second kappa shape index (κ2) is 8.87. The molecule has 0 amide bonds. The van der Waals surface area contributed by atoms with Crippen molar-refractivity contribution < 1.29 is 46.1 Å². The fourth-order valence-electron chi connectivity index (χ4n) is 4.93. The molecule has 2 aliphatic rings. The van der Waals surface area contributed by atoms with E-state index in [0.717, 1.165) is 0 Å². The summed E-state index contributed by atoms with van der Waals surface area (Å²) < 4.78 is 3.73. The molecule has 0 bridgehead atoms. The van der Waals surface area contributed by atoms with E-state index in [9.17, 15) is 0 Å². The zero-order chi connectivity index (χ0) is 19.3. The molecule has 3 heteroatoms. The van der Waals surface area contributed by atoms with Crippen LogP contribution in [0.5, 0.6) is 0 Å². The second-order valence-corrected chi connectivity index (χ2v) is 17.8. The summed E-state index contributed by atoms with van der Waals surface area (Å²) in [5.74, 6) is 0. The Morgan fingerprint density at radius 1 is 0.929 bits per heavy atom. The number of halogens is 2. The zero-order valence-electron chi connectivity index (χ0n) is 18.6. The van der Waals surface area contributed by atoms with Crippen LogP contribution in [0, 0.1) is 10.8 Å². The Balaban J connectivity index is 0.00000196. The molecule has 0 fully saturated rings. The van der Waals surface area contributed by atoms with Gasteiger partial charge in [-0.1, -0.05) is 0 Å². The van der Waals surface area contributed by atoms with E-state index in [1.807, 2.05) is 3.28 Å². The summed E-state index contributed by atoms with van der Waals surface area (Å²) in [6.45, 7) is 19.4. The van der Waals surface area contributed by atoms with E-state index < -0.39 is 21.3 Å². The molecule has 2 aliphatic carbocycles. The van der Waals surface area contributed by atoms with Gasteiger partial charge in [-0.2, -0.15) is 0 Å². The molecular formula is C25H34Cl2Zr. The molecule has 0 saturated heterocycles. The molecule has 0 saturated carbocycles. The van der Waals surface area contributed by atoms with Crippen LogP contribution in [-0.2, 0) is 24.4 Å². The van der Waals surface area contributed by atoms with Gasteiger partial charge in [0, 0.05) is 0 Å². The molecule has 0 N–H and O–H groups in total. The Morgan fingerprint density at radius 3 is 2.07 bits per heavy atom. The Hall–Kier alpha value is -0.227. The largest absolute Gasteiger partial charge is 1.00 e. The van der Waals surface area contributed by atoms with Crippen LogP contribution in [0.25, 0.3) is 6.08 Å². The normalized spacial score (nSPS) is 20.2. The average molecular weight is 497 g/mol. The Labute approximate surface area is 192 Å². The van der Waals surface area contributed by atoms with Crippen molar-refractivity contribution in [3.8, 4) is 0 Å². The number of benzene rings is 1. The average Bonchev–Trinajstić information content (AvgIpc) is 3.12. The van der Waals surface area contributed by atoms with Gasteiger partial charge in [0.15, 0.2) is 0 Å². The standard InChI is InChI=1S/C13H15.C9H13.C3H6.2ClH.Zr/c1-13(2,3)12-9-8-10-6-4-5-7-11(10)12;1-9(2,3)8-6-4-5-7-8;1-3-2;;;/h4-9H,1-3H3;4,6H,5H2,1-3H3;1-2H3;2*1H;/q;;;;;+2/p-2. The van der Waals surface area contributed by atoms with Crippen molar-refractivity contribution in [1.82, 2.24) is 0 Å². The minimum absolute atomic E-state index is 0. The first-order chi connectivity index (χ1) is 12.0. The molecule has 0 aliphatic heterocycles. The first kappa shape index (κ1) is 25.8. The number of fused-ring (bicyclic) bond motifs is 1. The quantitative estimate of drug-likeness (QED) is 0.575. The van der Waals surface area contributed by atoms with E-state index >= 15 is 0 Å². The van der Waals surface area contributed by atoms with Crippen molar-refractivity contribution in [2.45, 2.75) is 64.9 Å². The molecule has 0 nitrogen and oxygen atoms in total. The minimum atomic E-state index is -2.19. The summed E-state index contributed by atoms with van der Waals surface area (Å²) in [5, 5.41) is 0. The third-order valence-electron chi connectivity index (χ3n) is 6.02. The van der Waals surface area contributed by atoms with Crippen molar-refractivity contribution in [1.29, 1.82) is 0 Å². The number of allylic oxidation sites excluding steroid dienone is 5. The van der Waals surface area contributed by atoms with Crippen molar-refractivity contribution in [3.63, 3.8) is 0 Å². The van der Waals surface area contributed by atoms with Gasteiger partial charge >= 0.3 is 169 Å². The SMILES string of the molecule is C[C](C)=[Zr+2]([C]1=C(C(C)(C)C)C=CC1)[C]1(C(C)(C)C)C=Cc2ccccc21.[Cl-].[Cl-]. The molecule has 28 heavy (non-hydrogen) atoms. The molecular weight excluding hydrogens is 462 g/mol. The van der Waals surface area contributed by atoms with Crippen LogP contribution in [0.15, 0.2) is 51.3 Å². The van der Waals surface area contributed by atoms with E-state index in [0.29, 0.717) is 0 Å². The third-order valence-corrected chi connectivity index (χ3v) is 16.0. The molecule has 0 spiro atoms. The van der Waals surface area contributed by atoms with E-state index in [2.05, 4.69) is 104 Å². The van der Waals surface area contributed by atoms with Crippen molar-refractivity contribution >= 4 is 9.28 Å². The minimum Gasteiger partial charge on any atom is -1.00 e. The molecule has 0 radical (unpaired) electrons. The smallest absolute Gasteiger partial charge is 1.00 e. The van der Waals surface area contributed by atoms with E-state index in [4.69, 9.17) is 0 Å². The van der Waals surface area contributed by atoms with E-state index in [1.165, 1.54) is 12.0 Å². The summed E-state index contributed by atoms with van der Waals surface area (Å²) >= 11 is -2.19.